The van der Waals surface area contributed by atoms with Crippen LogP contribution in [-0.2, 0) is 4.74 Å². The monoisotopic (exact) mass is 337 g/mol. The number of hydrogen-bond donors (Lipinski definition) is 2. The second kappa shape index (κ2) is 6.52. The van der Waals surface area contributed by atoms with Crippen LogP contribution in [0.15, 0.2) is 49.1 Å². The second-order valence-corrected chi connectivity index (χ2v) is 6.07. The lowest BCUT2D eigenvalue weighted by molar-refractivity contribution is 0.0679. The maximum Gasteiger partial charge on any atom is 0.270 e. The summed E-state index contributed by atoms with van der Waals surface area (Å²) in [4.78, 5) is 29.6. The standard InChI is InChI=1S/C18H19N5O2/c1-25-13-8-16(23(11-13)18(24)14-5-3-7-20-14)17-21-10-15(22-17)12-4-2-6-19-9-12/h2-7,9-10,13,16,20H,8,11H2,1H3,(H,21,22)/t13-,16+/m1/s1. The van der Waals surface area contributed by atoms with E-state index in [9.17, 15) is 4.79 Å². The number of aromatic amines is 2. The van der Waals surface area contributed by atoms with Gasteiger partial charge < -0.3 is 19.6 Å². The van der Waals surface area contributed by atoms with Crippen molar-refractivity contribution in [3.8, 4) is 11.3 Å². The number of H-pyrrole nitrogens is 2. The Morgan fingerprint density at radius 1 is 1.32 bits per heavy atom. The molecule has 128 valence electrons. The number of pyridine rings is 1. The van der Waals surface area contributed by atoms with Crippen molar-refractivity contribution in [3.05, 3.63) is 60.6 Å². The molecule has 0 radical (unpaired) electrons. The third kappa shape index (κ3) is 2.94. The number of methoxy groups -OCH3 is 1. The van der Waals surface area contributed by atoms with Gasteiger partial charge in [-0.25, -0.2) is 4.98 Å². The minimum atomic E-state index is -0.147. The van der Waals surface area contributed by atoms with Gasteiger partial charge >= 0.3 is 0 Å². The minimum absolute atomic E-state index is 0.00384. The molecule has 7 nitrogen and oxygen atoms in total. The highest BCUT2D eigenvalue weighted by molar-refractivity contribution is 5.93. The van der Waals surface area contributed by atoms with Gasteiger partial charge in [0.25, 0.3) is 5.91 Å². The smallest absolute Gasteiger partial charge is 0.270 e. The molecule has 1 amide bonds. The molecule has 1 fully saturated rings. The van der Waals surface area contributed by atoms with E-state index < -0.39 is 0 Å². The first-order valence-corrected chi connectivity index (χ1v) is 8.18. The van der Waals surface area contributed by atoms with Crippen LogP contribution < -0.4 is 0 Å². The molecule has 1 aliphatic rings. The number of imidazole rings is 1. The first-order chi connectivity index (χ1) is 12.3. The molecule has 2 N–H and O–H groups in total. The molecule has 0 aromatic carbocycles. The number of nitrogens with zero attached hydrogens (tertiary/aromatic N) is 3. The molecule has 4 rings (SSSR count). The van der Waals surface area contributed by atoms with E-state index in [1.165, 1.54) is 0 Å². The number of amides is 1. The molecule has 1 aliphatic heterocycles. The summed E-state index contributed by atoms with van der Waals surface area (Å²) in [5, 5.41) is 0. The molecule has 4 heterocycles. The summed E-state index contributed by atoms with van der Waals surface area (Å²) in [7, 11) is 1.67. The average molecular weight is 337 g/mol. The predicted octanol–water partition coefficient (Wildman–Crippen LogP) is 2.40. The summed E-state index contributed by atoms with van der Waals surface area (Å²) in [6.45, 7) is 0.544. The minimum Gasteiger partial charge on any atom is -0.380 e. The van der Waals surface area contributed by atoms with Crippen LogP contribution >= 0.6 is 0 Å². The van der Waals surface area contributed by atoms with Crippen molar-refractivity contribution in [2.24, 2.45) is 0 Å². The number of rotatable bonds is 4. The van der Waals surface area contributed by atoms with Crippen molar-refractivity contribution >= 4 is 5.91 Å². The van der Waals surface area contributed by atoms with Gasteiger partial charge in [-0.15, -0.1) is 0 Å². The largest absolute Gasteiger partial charge is 0.380 e. The van der Waals surface area contributed by atoms with Gasteiger partial charge in [0.05, 0.1) is 24.0 Å². The van der Waals surface area contributed by atoms with Gasteiger partial charge in [0.15, 0.2) is 0 Å². The third-order valence-corrected chi connectivity index (χ3v) is 4.57. The number of ether oxygens (including phenoxy) is 1. The topological polar surface area (TPSA) is 86.9 Å². The number of nitrogens with one attached hydrogen (secondary N) is 2. The number of aromatic nitrogens is 4. The van der Waals surface area contributed by atoms with Crippen molar-refractivity contribution in [2.45, 2.75) is 18.6 Å². The number of carbonyl (C=O) groups excluding carboxylic acids is 1. The van der Waals surface area contributed by atoms with E-state index in [1.54, 1.807) is 38.0 Å². The molecule has 2 atom stereocenters. The molecule has 0 bridgehead atoms. The second-order valence-electron chi connectivity index (χ2n) is 6.07. The zero-order chi connectivity index (χ0) is 17.2. The van der Waals surface area contributed by atoms with Crippen molar-refractivity contribution in [1.82, 2.24) is 24.8 Å². The van der Waals surface area contributed by atoms with Gasteiger partial charge in [-0.3, -0.25) is 9.78 Å². The molecular weight excluding hydrogens is 318 g/mol. The van der Waals surface area contributed by atoms with Gasteiger partial charge in [0, 0.05) is 44.2 Å². The van der Waals surface area contributed by atoms with Crippen LogP contribution in [0.3, 0.4) is 0 Å². The summed E-state index contributed by atoms with van der Waals surface area (Å²) in [6, 6.07) is 7.31. The summed E-state index contributed by atoms with van der Waals surface area (Å²) in [5.41, 5.74) is 2.42. The van der Waals surface area contributed by atoms with Crippen LogP contribution in [-0.4, -0.2) is 50.5 Å². The molecule has 7 heteroatoms. The molecule has 0 spiro atoms. The maximum atomic E-state index is 12.8. The summed E-state index contributed by atoms with van der Waals surface area (Å²) in [6.07, 6.45) is 7.76. The van der Waals surface area contributed by atoms with E-state index >= 15 is 0 Å². The normalized spacial score (nSPS) is 20.1. The van der Waals surface area contributed by atoms with E-state index in [-0.39, 0.29) is 18.1 Å². The van der Waals surface area contributed by atoms with Crippen molar-refractivity contribution < 1.29 is 9.53 Å². The molecule has 3 aromatic heterocycles. The zero-order valence-corrected chi connectivity index (χ0v) is 13.8. The Morgan fingerprint density at radius 2 is 2.24 bits per heavy atom. The average Bonchev–Trinajstić information content (AvgIpc) is 3.41. The lowest BCUT2D eigenvalue weighted by Crippen LogP contribution is -2.32. The van der Waals surface area contributed by atoms with Gasteiger partial charge in [0.1, 0.15) is 11.5 Å². The number of hydrogen-bond acceptors (Lipinski definition) is 4. The van der Waals surface area contributed by atoms with Crippen molar-refractivity contribution in [2.75, 3.05) is 13.7 Å². The Kier molecular flexibility index (Phi) is 4.07. The maximum absolute atomic E-state index is 12.8. The molecule has 25 heavy (non-hydrogen) atoms. The highest BCUT2D eigenvalue weighted by Crippen LogP contribution is 2.33. The van der Waals surface area contributed by atoms with Gasteiger partial charge in [-0.05, 0) is 24.3 Å². The molecule has 1 saturated heterocycles. The predicted molar refractivity (Wildman–Crippen MR) is 91.8 cm³/mol. The van der Waals surface area contributed by atoms with Crippen LogP contribution in [0, 0.1) is 0 Å². The zero-order valence-electron chi connectivity index (χ0n) is 13.8. The molecule has 0 aliphatic carbocycles. The first kappa shape index (κ1) is 15.6. The Hall–Kier alpha value is -2.93. The first-order valence-electron chi connectivity index (χ1n) is 8.18. The molecule has 0 unspecified atom stereocenters. The Morgan fingerprint density at radius 3 is 2.96 bits per heavy atom. The van der Waals surface area contributed by atoms with E-state index in [0.717, 1.165) is 17.1 Å². The van der Waals surface area contributed by atoms with Crippen LogP contribution in [0.1, 0.15) is 28.8 Å². The SMILES string of the molecule is CO[C@@H]1C[C@@H](c2ncc(-c3cccnc3)[nH]2)N(C(=O)c2ccc[nH]2)C1. The Bertz CT molecular complexity index is 844. The van der Waals surface area contributed by atoms with Gasteiger partial charge in [-0.2, -0.15) is 0 Å². The van der Waals surface area contributed by atoms with E-state index in [1.807, 2.05) is 23.1 Å². The highest BCUT2D eigenvalue weighted by Gasteiger charge is 2.38. The van der Waals surface area contributed by atoms with Crippen LogP contribution in [0.25, 0.3) is 11.3 Å². The lowest BCUT2D eigenvalue weighted by Gasteiger charge is -2.22. The van der Waals surface area contributed by atoms with Gasteiger partial charge in [0.2, 0.25) is 0 Å². The van der Waals surface area contributed by atoms with E-state index in [2.05, 4.69) is 19.9 Å². The van der Waals surface area contributed by atoms with Crippen molar-refractivity contribution in [3.63, 3.8) is 0 Å². The quantitative estimate of drug-likeness (QED) is 0.765. The van der Waals surface area contributed by atoms with Crippen LogP contribution in [0.4, 0.5) is 0 Å². The summed E-state index contributed by atoms with van der Waals surface area (Å²) < 4.78 is 5.50. The summed E-state index contributed by atoms with van der Waals surface area (Å²) >= 11 is 0. The number of carbonyl (C=O) groups is 1. The fourth-order valence-electron chi connectivity index (χ4n) is 3.24. The third-order valence-electron chi connectivity index (χ3n) is 4.57. The molecule has 3 aromatic rings. The Balaban J connectivity index is 1.63. The summed E-state index contributed by atoms with van der Waals surface area (Å²) in [5.74, 6) is 0.715. The van der Waals surface area contributed by atoms with Crippen LogP contribution in [0.2, 0.25) is 0 Å². The van der Waals surface area contributed by atoms with E-state index in [4.69, 9.17) is 4.74 Å². The fraction of sp³-hybridized carbons (Fsp3) is 0.278. The van der Waals surface area contributed by atoms with Crippen LogP contribution in [0.5, 0.6) is 0 Å². The molecular formula is C18H19N5O2. The number of likely N-dealkylation sites (tertiary alicyclic amines) is 1. The van der Waals surface area contributed by atoms with E-state index in [0.29, 0.717) is 18.7 Å². The Labute approximate surface area is 145 Å². The molecule has 0 saturated carbocycles. The fourth-order valence-corrected chi connectivity index (χ4v) is 3.24. The lowest BCUT2D eigenvalue weighted by atomic mass is 10.2. The highest BCUT2D eigenvalue weighted by atomic mass is 16.5. The van der Waals surface area contributed by atoms with Gasteiger partial charge in [-0.1, -0.05) is 0 Å². The van der Waals surface area contributed by atoms with Crippen molar-refractivity contribution in [1.29, 1.82) is 0 Å².